The molecule has 0 bridgehead atoms. The quantitative estimate of drug-likeness (QED) is 0.610. The summed E-state index contributed by atoms with van der Waals surface area (Å²) in [6.45, 7) is 1.82. The molecule has 4 nitrogen and oxygen atoms in total. The monoisotopic (exact) mass is 139 g/mol. The van der Waals surface area contributed by atoms with Crippen molar-refractivity contribution >= 4 is 5.82 Å². The number of ether oxygens (including phenoxy) is 1. The van der Waals surface area contributed by atoms with Crippen molar-refractivity contribution < 1.29 is 4.74 Å². The predicted molar refractivity (Wildman–Crippen MR) is 37.7 cm³/mol. The molecule has 2 N–H and O–H groups in total. The van der Waals surface area contributed by atoms with Gasteiger partial charge in [0.05, 0.1) is 12.8 Å². The molecule has 0 unspecified atom stereocenters. The third kappa shape index (κ3) is 1.00. The molecule has 1 aromatic heterocycles. The standard InChI is InChI=1S/C6H9N3O/c1-4-5(10-2)6(7)9-3-8-4/h3H,1-2H3,(H2,7,8,9). The van der Waals surface area contributed by atoms with Crippen molar-refractivity contribution in [1.29, 1.82) is 0 Å². The van der Waals surface area contributed by atoms with Crippen molar-refractivity contribution in [2.45, 2.75) is 6.92 Å². The Labute approximate surface area is 59.1 Å². The molecular formula is C6H9N3O. The maximum Gasteiger partial charge on any atom is 0.182 e. The van der Waals surface area contributed by atoms with Gasteiger partial charge in [0.1, 0.15) is 6.33 Å². The van der Waals surface area contributed by atoms with Gasteiger partial charge >= 0.3 is 0 Å². The van der Waals surface area contributed by atoms with Crippen LogP contribution in [0.5, 0.6) is 5.75 Å². The summed E-state index contributed by atoms with van der Waals surface area (Å²) in [4.78, 5) is 7.65. The Balaban J connectivity index is 3.17. The van der Waals surface area contributed by atoms with E-state index in [4.69, 9.17) is 10.5 Å². The zero-order chi connectivity index (χ0) is 7.56. The van der Waals surface area contributed by atoms with Gasteiger partial charge in [-0.3, -0.25) is 0 Å². The van der Waals surface area contributed by atoms with Gasteiger partial charge in [0.15, 0.2) is 11.6 Å². The Morgan fingerprint density at radius 1 is 1.50 bits per heavy atom. The first-order valence-corrected chi connectivity index (χ1v) is 2.86. The number of nitrogens with two attached hydrogens (primary N) is 1. The van der Waals surface area contributed by atoms with E-state index in [1.807, 2.05) is 6.92 Å². The summed E-state index contributed by atoms with van der Waals surface area (Å²) in [6.07, 6.45) is 1.41. The van der Waals surface area contributed by atoms with Crippen molar-refractivity contribution in [3.8, 4) is 5.75 Å². The summed E-state index contributed by atoms with van der Waals surface area (Å²) in [6, 6.07) is 0. The van der Waals surface area contributed by atoms with Gasteiger partial charge in [-0.05, 0) is 6.92 Å². The topological polar surface area (TPSA) is 61.0 Å². The lowest BCUT2D eigenvalue weighted by molar-refractivity contribution is 0.409. The summed E-state index contributed by atoms with van der Waals surface area (Å²) in [5, 5.41) is 0. The van der Waals surface area contributed by atoms with E-state index in [0.29, 0.717) is 11.6 Å². The van der Waals surface area contributed by atoms with Crippen LogP contribution in [-0.4, -0.2) is 17.1 Å². The molecule has 0 aromatic carbocycles. The number of aryl methyl sites for hydroxylation is 1. The Kier molecular flexibility index (Phi) is 1.71. The Morgan fingerprint density at radius 2 is 2.20 bits per heavy atom. The second kappa shape index (κ2) is 2.51. The van der Waals surface area contributed by atoms with E-state index < -0.39 is 0 Å². The summed E-state index contributed by atoms with van der Waals surface area (Å²) >= 11 is 0. The summed E-state index contributed by atoms with van der Waals surface area (Å²) in [5.74, 6) is 0.942. The van der Waals surface area contributed by atoms with Gasteiger partial charge in [-0.1, -0.05) is 0 Å². The van der Waals surface area contributed by atoms with Crippen LogP contribution in [0.15, 0.2) is 6.33 Å². The average Bonchev–Trinajstić information content (AvgIpc) is 1.88. The van der Waals surface area contributed by atoms with Crippen LogP contribution in [0.1, 0.15) is 5.69 Å². The number of aromatic nitrogens is 2. The third-order valence-corrected chi connectivity index (χ3v) is 1.21. The first-order chi connectivity index (χ1) is 4.75. The fourth-order valence-electron chi connectivity index (χ4n) is 0.733. The number of rotatable bonds is 1. The molecule has 0 saturated heterocycles. The molecule has 0 aliphatic heterocycles. The zero-order valence-electron chi connectivity index (χ0n) is 5.96. The van der Waals surface area contributed by atoms with E-state index in [1.54, 1.807) is 7.11 Å². The highest BCUT2D eigenvalue weighted by atomic mass is 16.5. The van der Waals surface area contributed by atoms with E-state index in [-0.39, 0.29) is 0 Å². The normalized spacial score (nSPS) is 9.40. The predicted octanol–water partition coefficient (Wildman–Crippen LogP) is 0.376. The molecule has 0 saturated carbocycles. The molecular weight excluding hydrogens is 130 g/mol. The number of nitrogens with zero attached hydrogens (tertiary/aromatic N) is 2. The van der Waals surface area contributed by atoms with Crippen molar-refractivity contribution in [3.05, 3.63) is 12.0 Å². The number of hydrogen-bond acceptors (Lipinski definition) is 4. The molecule has 0 atom stereocenters. The molecule has 0 radical (unpaired) electrons. The fraction of sp³-hybridized carbons (Fsp3) is 0.333. The minimum absolute atomic E-state index is 0.384. The minimum Gasteiger partial charge on any atom is -0.491 e. The second-order valence-corrected chi connectivity index (χ2v) is 1.88. The summed E-state index contributed by atoms with van der Waals surface area (Å²) in [7, 11) is 1.54. The molecule has 1 rings (SSSR count). The van der Waals surface area contributed by atoms with Gasteiger partial charge in [0.2, 0.25) is 0 Å². The Bertz CT molecular complexity index is 216. The first kappa shape index (κ1) is 6.80. The number of methoxy groups -OCH3 is 1. The summed E-state index contributed by atoms with van der Waals surface area (Å²) in [5.41, 5.74) is 6.22. The Hall–Kier alpha value is -1.32. The average molecular weight is 139 g/mol. The highest BCUT2D eigenvalue weighted by molar-refractivity contribution is 5.47. The number of nitrogen functional groups attached to an aromatic ring is 1. The molecule has 0 amide bonds. The van der Waals surface area contributed by atoms with Gasteiger partial charge < -0.3 is 10.5 Å². The Morgan fingerprint density at radius 3 is 2.60 bits per heavy atom. The minimum atomic E-state index is 0.384. The number of hydrogen-bond donors (Lipinski definition) is 1. The van der Waals surface area contributed by atoms with E-state index in [2.05, 4.69) is 9.97 Å². The SMILES string of the molecule is COc1c(C)ncnc1N. The van der Waals surface area contributed by atoms with E-state index in [1.165, 1.54) is 6.33 Å². The van der Waals surface area contributed by atoms with Crippen molar-refractivity contribution in [2.24, 2.45) is 0 Å². The van der Waals surface area contributed by atoms with Crippen molar-refractivity contribution in [1.82, 2.24) is 9.97 Å². The molecule has 1 heterocycles. The van der Waals surface area contributed by atoms with Crippen LogP contribution in [0.4, 0.5) is 5.82 Å². The molecule has 0 aliphatic carbocycles. The van der Waals surface area contributed by atoms with Gasteiger partial charge in [-0.2, -0.15) is 0 Å². The van der Waals surface area contributed by atoms with Crippen molar-refractivity contribution in [3.63, 3.8) is 0 Å². The third-order valence-electron chi connectivity index (χ3n) is 1.21. The fourth-order valence-corrected chi connectivity index (χ4v) is 0.733. The largest absolute Gasteiger partial charge is 0.491 e. The highest BCUT2D eigenvalue weighted by Crippen LogP contribution is 2.19. The van der Waals surface area contributed by atoms with Gasteiger partial charge in [0, 0.05) is 0 Å². The van der Waals surface area contributed by atoms with Gasteiger partial charge in [-0.15, -0.1) is 0 Å². The lowest BCUT2D eigenvalue weighted by Gasteiger charge is -2.03. The maximum atomic E-state index is 5.46. The first-order valence-electron chi connectivity index (χ1n) is 2.86. The molecule has 10 heavy (non-hydrogen) atoms. The van der Waals surface area contributed by atoms with Crippen molar-refractivity contribution in [2.75, 3.05) is 12.8 Å². The molecule has 0 spiro atoms. The van der Waals surface area contributed by atoms with E-state index >= 15 is 0 Å². The maximum absolute atomic E-state index is 5.46. The summed E-state index contributed by atoms with van der Waals surface area (Å²) < 4.78 is 4.93. The van der Waals surface area contributed by atoms with E-state index in [9.17, 15) is 0 Å². The van der Waals surface area contributed by atoms with Crippen LogP contribution in [0, 0.1) is 6.92 Å². The second-order valence-electron chi connectivity index (χ2n) is 1.88. The smallest absolute Gasteiger partial charge is 0.182 e. The number of anilines is 1. The molecule has 1 aromatic rings. The molecule has 4 heteroatoms. The van der Waals surface area contributed by atoms with Gasteiger partial charge in [-0.25, -0.2) is 9.97 Å². The molecule has 0 aliphatic rings. The van der Waals surface area contributed by atoms with E-state index in [0.717, 1.165) is 5.69 Å². The van der Waals surface area contributed by atoms with Crippen LogP contribution in [0.2, 0.25) is 0 Å². The molecule has 0 fully saturated rings. The lowest BCUT2D eigenvalue weighted by Crippen LogP contribution is -1.98. The zero-order valence-corrected chi connectivity index (χ0v) is 5.96. The highest BCUT2D eigenvalue weighted by Gasteiger charge is 2.02. The van der Waals surface area contributed by atoms with Crippen LogP contribution >= 0.6 is 0 Å². The van der Waals surface area contributed by atoms with Crippen LogP contribution in [0.3, 0.4) is 0 Å². The van der Waals surface area contributed by atoms with Crippen LogP contribution in [0.25, 0.3) is 0 Å². The van der Waals surface area contributed by atoms with Crippen LogP contribution < -0.4 is 10.5 Å². The lowest BCUT2D eigenvalue weighted by atomic mass is 10.4. The van der Waals surface area contributed by atoms with Gasteiger partial charge in [0.25, 0.3) is 0 Å². The van der Waals surface area contributed by atoms with Crippen LogP contribution in [-0.2, 0) is 0 Å². The molecule has 54 valence electrons.